The number of hydrogen-bond acceptors (Lipinski definition) is 4. The number of benzene rings is 1. The van der Waals surface area contributed by atoms with E-state index in [2.05, 4.69) is 15.2 Å². The summed E-state index contributed by atoms with van der Waals surface area (Å²) in [5.41, 5.74) is -1.57. The molecule has 2 N–H and O–H groups in total. The van der Waals surface area contributed by atoms with Gasteiger partial charge in [0.25, 0.3) is 5.91 Å². The first kappa shape index (κ1) is 17.5. The number of hydrogen-bond donors (Lipinski definition) is 2. The summed E-state index contributed by atoms with van der Waals surface area (Å²) >= 11 is 0. The van der Waals surface area contributed by atoms with Gasteiger partial charge in [0.2, 0.25) is 0 Å². The van der Waals surface area contributed by atoms with Gasteiger partial charge < -0.3 is 14.8 Å². The van der Waals surface area contributed by atoms with E-state index in [0.29, 0.717) is 6.07 Å². The number of nitrogens with one attached hydrogen (secondary N) is 2. The molecule has 0 spiro atoms. The van der Waals surface area contributed by atoms with Crippen molar-refractivity contribution in [3.05, 3.63) is 35.7 Å². The molecular weight excluding hydrogens is 341 g/mol. The number of H-pyrrole nitrogens is 1. The minimum Gasteiger partial charge on any atom is -0.493 e. The van der Waals surface area contributed by atoms with E-state index in [1.807, 2.05) is 0 Å². The fourth-order valence-corrected chi connectivity index (χ4v) is 1.72. The van der Waals surface area contributed by atoms with Crippen molar-refractivity contribution in [2.75, 3.05) is 12.4 Å². The fraction of sp³-hybridized carbons (Fsp3) is 0.231. The summed E-state index contributed by atoms with van der Waals surface area (Å²) in [4.78, 5) is 11.9. The van der Waals surface area contributed by atoms with Crippen molar-refractivity contribution in [1.29, 1.82) is 0 Å². The Morgan fingerprint density at radius 3 is 2.50 bits per heavy atom. The standard InChI is InChI=1S/C13H10F5N3O3/c1-23-9-4-6(2-3-8(9)24-12(14)15)19-11(22)7-5-10(21-20-7)13(16,17)18/h2-5,12H,1H3,(H,19,22)(H,20,21). The molecule has 1 heterocycles. The van der Waals surface area contributed by atoms with E-state index < -0.39 is 30.1 Å². The van der Waals surface area contributed by atoms with Crippen molar-refractivity contribution in [2.24, 2.45) is 0 Å². The molecule has 0 aliphatic carbocycles. The number of amides is 1. The van der Waals surface area contributed by atoms with Crippen LogP contribution in [0.5, 0.6) is 11.5 Å². The third-order valence-corrected chi connectivity index (χ3v) is 2.75. The Labute approximate surface area is 131 Å². The maximum absolute atomic E-state index is 12.4. The minimum atomic E-state index is -4.66. The molecule has 24 heavy (non-hydrogen) atoms. The maximum Gasteiger partial charge on any atom is 0.432 e. The number of carbonyl (C=O) groups excluding carboxylic acids is 1. The number of halogens is 5. The lowest BCUT2D eigenvalue weighted by Crippen LogP contribution is -2.13. The molecule has 1 aromatic carbocycles. The topological polar surface area (TPSA) is 76.2 Å². The Bertz CT molecular complexity index is 730. The van der Waals surface area contributed by atoms with E-state index in [9.17, 15) is 26.7 Å². The molecule has 2 rings (SSSR count). The van der Waals surface area contributed by atoms with E-state index in [-0.39, 0.29) is 17.2 Å². The van der Waals surface area contributed by atoms with Crippen molar-refractivity contribution < 1.29 is 36.2 Å². The molecule has 0 atom stereocenters. The number of anilines is 1. The fourth-order valence-electron chi connectivity index (χ4n) is 1.72. The number of alkyl halides is 5. The molecular formula is C13H10F5N3O3. The maximum atomic E-state index is 12.4. The zero-order chi connectivity index (χ0) is 17.9. The van der Waals surface area contributed by atoms with Crippen LogP contribution in [0.25, 0.3) is 0 Å². The van der Waals surface area contributed by atoms with Gasteiger partial charge in [0.1, 0.15) is 5.69 Å². The number of rotatable bonds is 5. The summed E-state index contributed by atoms with van der Waals surface area (Å²) in [6, 6.07) is 4.05. The van der Waals surface area contributed by atoms with Crippen LogP contribution in [0.3, 0.4) is 0 Å². The van der Waals surface area contributed by atoms with Gasteiger partial charge in [-0.05, 0) is 12.1 Å². The van der Waals surface area contributed by atoms with Crippen LogP contribution in [0.4, 0.5) is 27.6 Å². The normalized spacial score (nSPS) is 11.5. The monoisotopic (exact) mass is 351 g/mol. The number of ether oxygens (including phenoxy) is 2. The summed E-state index contributed by atoms with van der Waals surface area (Å²) in [6.45, 7) is -3.07. The summed E-state index contributed by atoms with van der Waals surface area (Å²) in [7, 11) is 1.20. The first-order valence-corrected chi connectivity index (χ1v) is 6.27. The lowest BCUT2D eigenvalue weighted by molar-refractivity contribution is -0.141. The lowest BCUT2D eigenvalue weighted by atomic mass is 10.2. The number of aromatic amines is 1. The number of methoxy groups -OCH3 is 1. The minimum absolute atomic E-state index is 0.0916. The zero-order valence-corrected chi connectivity index (χ0v) is 11.9. The summed E-state index contributed by atoms with van der Waals surface area (Å²) in [5.74, 6) is -1.28. The van der Waals surface area contributed by atoms with Gasteiger partial charge in [0.15, 0.2) is 17.2 Å². The van der Waals surface area contributed by atoms with E-state index in [4.69, 9.17) is 4.74 Å². The number of carbonyl (C=O) groups is 1. The molecule has 1 aromatic heterocycles. The molecule has 0 unspecified atom stereocenters. The van der Waals surface area contributed by atoms with Crippen molar-refractivity contribution in [3.8, 4) is 11.5 Å². The Balaban J connectivity index is 2.15. The highest BCUT2D eigenvalue weighted by Gasteiger charge is 2.33. The van der Waals surface area contributed by atoms with Crippen LogP contribution in [0.1, 0.15) is 16.2 Å². The molecule has 1 amide bonds. The number of aromatic nitrogens is 2. The van der Waals surface area contributed by atoms with Gasteiger partial charge in [-0.3, -0.25) is 9.89 Å². The van der Waals surface area contributed by atoms with Crippen LogP contribution < -0.4 is 14.8 Å². The van der Waals surface area contributed by atoms with Gasteiger partial charge in [0.05, 0.1) is 7.11 Å². The molecule has 0 radical (unpaired) electrons. The molecule has 2 aromatic rings. The van der Waals surface area contributed by atoms with E-state index >= 15 is 0 Å². The van der Waals surface area contributed by atoms with Gasteiger partial charge in [-0.25, -0.2) is 0 Å². The quantitative estimate of drug-likeness (QED) is 0.811. The first-order valence-electron chi connectivity index (χ1n) is 6.27. The van der Waals surface area contributed by atoms with Crippen LogP contribution in [0.2, 0.25) is 0 Å². The van der Waals surface area contributed by atoms with Crippen molar-refractivity contribution in [1.82, 2.24) is 10.2 Å². The molecule has 130 valence electrons. The molecule has 0 fully saturated rings. The second-order valence-electron chi connectivity index (χ2n) is 4.36. The highest BCUT2D eigenvalue weighted by atomic mass is 19.4. The molecule has 0 saturated heterocycles. The smallest absolute Gasteiger partial charge is 0.432 e. The summed E-state index contributed by atoms with van der Waals surface area (Å²) in [6.07, 6.45) is -4.66. The van der Waals surface area contributed by atoms with Gasteiger partial charge in [-0.2, -0.15) is 27.1 Å². The Kier molecular flexibility index (Phi) is 4.90. The highest BCUT2D eigenvalue weighted by Crippen LogP contribution is 2.32. The predicted octanol–water partition coefficient (Wildman–Crippen LogP) is 3.29. The van der Waals surface area contributed by atoms with Crippen LogP contribution in [0, 0.1) is 0 Å². The lowest BCUT2D eigenvalue weighted by Gasteiger charge is -2.11. The highest BCUT2D eigenvalue weighted by molar-refractivity contribution is 6.03. The first-order chi connectivity index (χ1) is 11.2. The summed E-state index contributed by atoms with van der Waals surface area (Å²) < 4.78 is 70.8. The van der Waals surface area contributed by atoms with Crippen molar-refractivity contribution in [2.45, 2.75) is 12.8 Å². The average molecular weight is 351 g/mol. The van der Waals surface area contributed by atoms with Gasteiger partial charge in [-0.1, -0.05) is 0 Å². The Morgan fingerprint density at radius 1 is 1.25 bits per heavy atom. The van der Waals surface area contributed by atoms with Crippen LogP contribution >= 0.6 is 0 Å². The molecule has 0 bridgehead atoms. The molecule has 11 heteroatoms. The second-order valence-corrected chi connectivity index (χ2v) is 4.36. The van der Waals surface area contributed by atoms with Crippen molar-refractivity contribution in [3.63, 3.8) is 0 Å². The van der Waals surface area contributed by atoms with E-state index in [0.717, 1.165) is 6.07 Å². The van der Waals surface area contributed by atoms with Crippen molar-refractivity contribution >= 4 is 11.6 Å². The third kappa shape index (κ3) is 4.12. The molecule has 0 saturated carbocycles. The SMILES string of the molecule is COc1cc(NC(=O)c2cc(C(F)(F)F)[nH]n2)ccc1OC(F)F. The van der Waals surface area contributed by atoms with Gasteiger partial charge >= 0.3 is 12.8 Å². The second kappa shape index (κ2) is 6.72. The number of nitrogens with zero attached hydrogens (tertiary/aromatic N) is 1. The van der Waals surface area contributed by atoms with Crippen LogP contribution in [0.15, 0.2) is 24.3 Å². The molecule has 6 nitrogen and oxygen atoms in total. The van der Waals surface area contributed by atoms with E-state index in [1.165, 1.54) is 19.2 Å². The van der Waals surface area contributed by atoms with Crippen LogP contribution in [-0.2, 0) is 6.18 Å². The zero-order valence-electron chi connectivity index (χ0n) is 11.9. The van der Waals surface area contributed by atoms with Gasteiger partial charge in [0, 0.05) is 17.8 Å². The Hall–Kier alpha value is -2.85. The summed E-state index contributed by atoms with van der Waals surface area (Å²) in [5, 5.41) is 7.23. The van der Waals surface area contributed by atoms with E-state index in [1.54, 1.807) is 5.10 Å². The third-order valence-electron chi connectivity index (χ3n) is 2.75. The van der Waals surface area contributed by atoms with Gasteiger partial charge in [-0.15, -0.1) is 0 Å². The largest absolute Gasteiger partial charge is 0.493 e. The average Bonchev–Trinajstić information content (AvgIpc) is 2.98. The predicted molar refractivity (Wildman–Crippen MR) is 71.2 cm³/mol. The Morgan fingerprint density at radius 2 is 1.96 bits per heavy atom. The molecule has 0 aliphatic heterocycles. The van der Waals surface area contributed by atoms with Crippen LogP contribution in [-0.4, -0.2) is 29.8 Å². The molecule has 0 aliphatic rings.